The summed E-state index contributed by atoms with van der Waals surface area (Å²) in [6.07, 6.45) is 0.355. The molecule has 0 saturated heterocycles. The van der Waals surface area contributed by atoms with Crippen LogP contribution in [0.5, 0.6) is 0 Å². The highest BCUT2D eigenvalue weighted by atomic mass is 35.5. The zero-order valence-corrected chi connectivity index (χ0v) is 12.6. The van der Waals surface area contributed by atoms with Gasteiger partial charge in [0.15, 0.2) is 0 Å². The molecule has 0 heterocycles. The quantitative estimate of drug-likeness (QED) is 0.850. The standard InChI is InChI=1S/C18H17ClO2/c1-18(21,12-4-5-13-20)15-10-8-14(9-11-15)16-6-2-3-7-17(16)19/h2-3,6-11,20-21H,5,13H2,1H3. The molecular formula is C18H17ClO2. The van der Waals surface area contributed by atoms with Crippen LogP contribution in [0.1, 0.15) is 18.9 Å². The summed E-state index contributed by atoms with van der Waals surface area (Å²) in [4.78, 5) is 0. The first-order valence-electron chi connectivity index (χ1n) is 6.73. The van der Waals surface area contributed by atoms with Crippen LogP contribution in [0, 0.1) is 11.8 Å². The molecule has 2 N–H and O–H groups in total. The number of benzene rings is 2. The Morgan fingerprint density at radius 2 is 1.76 bits per heavy atom. The van der Waals surface area contributed by atoms with E-state index in [0.29, 0.717) is 17.0 Å². The summed E-state index contributed by atoms with van der Waals surface area (Å²) in [5.74, 6) is 5.52. The smallest absolute Gasteiger partial charge is 0.148 e. The summed E-state index contributed by atoms with van der Waals surface area (Å²) in [6, 6.07) is 15.1. The SMILES string of the molecule is CC(O)(C#CCCO)c1ccc(-c2ccccc2Cl)cc1. The van der Waals surface area contributed by atoms with Gasteiger partial charge in [0.05, 0.1) is 6.61 Å². The third-order valence-corrected chi connectivity index (χ3v) is 3.53. The summed E-state index contributed by atoms with van der Waals surface area (Å²) in [7, 11) is 0. The number of hydrogen-bond acceptors (Lipinski definition) is 2. The lowest BCUT2D eigenvalue weighted by molar-refractivity contribution is 0.122. The van der Waals surface area contributed by atoms with Gasteiger partial charge in [0.25, 0.3) is 0 Å². The normalized spacial score (nSPS) is 13.1. The Morgan fingerprint density at radius 1 is 1.10 bits per heavy atom. The van der Waals surface area contributed by atoms with Gasteiger partial charge in [0.1, 0.15) is 5.60 Å². The predicted molar refractivity (Wildman–Crippen MR) is 85.9 cm³/mol. The first-order valence-corrected chi connectivity index (χ1v) is 7.11. The Balaban J connectivity index is 2.28. The fraction of sp³-hybridized carbons (Fsp3) is 0.222. The van der Waals surface area contributed by atoms with E-state index in [1.165, 1.54) is 0 Å². The third kappa shape index (κ3) is 3.86. The average molecular weight is 301 g/mol. The summed E-state index contributed by atoms with van der Waals surface area (Å²) >= 11 is 6.18. The van der Waals surface area contributed by atoms with Crippen molar-refractivity contribution in [2.24, 2.45) is 0 Å². The van der Waals surface area contributed by atoms with Crippen LogP contribution < -0.4 is 0 Å². The summed E-state index contributed by atoms with van der Waals surface area (Å²) < 4.78 is 0. The maximum atomic E-state index is 10.3. The van der Waals surface area contributed by atoms with Crippen molar-refractivity contribution in [2.45, 2.75) is 18.9 Å². The molecule has 0 amide bonds. The Labute approximate surface area is 130 Å². The van der Waals surface area contributed by atoms with E-state index in [1.807, 2.05) is 48.5 Å². The lowest BCUT2D eigenvalue weighted by Gasteiger charge is -2.17. The average Bonchev–Trinajstić information content (AvgIpc) is 2.48. The van der Waals surface area contributed by atoms with Crippen molar-refractivity contribution in [2.75, 3.05) is 6.61 Å². The summed E-state index contributed by atoms with van der Waals surface area (Å²) in [5, 5.41) is 19.8. The second-order valence-electron chi connectivity index (χ2n) is 4.90. The van der Waals surface area contributed by atoms with E-state index >= 15 is 0 Å². The van der Waals surface area contributed by atoms with E-state index in [2.05, 4.69) is 11.8 Å². The Kier molecular flexibility index (Phi) is 5.03. The van der Waals surface area contributed by atoms with Crippen LogP contribution in [-0.2, 0) is 5.60 Å². The second-order valence-corrected chi connectivity index (χ2v) is 5.31. The van der Waals surface area contributed by atoms with E-state index in [-0.39, 0.29) is 6.61 Å². The van der Waals surface area contributed by atoms with Crippen LogP contribution in [0.25, 0.3) is 11.1 Å². The topological polar surface area (TPSA) is 40.5 Å². The molecule has 0 aliphatic rings. The van der Waals surface area contributed by atoms with Crippen molar-refractivity contribution in [1.29, 1.82) is 0 Å². The van der Waals surface area contributed by atoms with Crippen molar-refractivity contribution in [3.63, 3.8) is 0 Å². The zero-order valence-electron chi connectivity index (χ0n) is 11.8. The lowest BCUT2D eigenvalue weighted by atomic mass is 9.94. The van der Waals surface area contributed by atoms with Gasteiger partial charge in [-0.25, -0.2) is 0 Å². The minimum absolute atomic E-state index is 0.00543. The van der Waals surface area contributed by atoms with Gasteiger partial charge in [0.2, 0.25) is 0 Å². The van der Waals surface area contributed by atoms with Gasteiger partial charge in [-0.15, -0.1) is 0 Å². The van der Waals surface area contributed by atoms with E-state index in [9.17, 15) is 5.11 Å². The molecule has 0 bridgehead atoms. The van der Waals surface area contributed by atoms with Crippen LogP contribution in [0.4, 0.5) is 0 Å². The molecule has 2 aromatic rings. The largest absolute Gasteiger partial charge is 0.395 e. The van der Waals surface area contributed by atoms with Gasteiger partial charge in [-0.2, -0.15) is 0 Å². The van der Waals surface area contributed by atoms with Gasteiger partial charge in [-0.1, -0.05) is 65.9 Å². The summed E-state index contributed by atoms with van der Waals surface area (Å²) in [6.45, 7) is 1.64. The summed E-state index contributed by atoms with van der Waals surface area (Å²) in [5.41, 5.74) is 1.43. The van der Waals surface area contributed by atoms with Crippen molar-refractivity contribution in [3.8, 4) is 23.0 Å². The first-order chi connectivity index (χ1) is 10.0. The minimum Gasteiger partial charge on any atom is -0.395 e. The molecule has 1 unspecified atom stereocenters. The number of rotatable bonds is 3. The van der Waals surface area contributed by atoms with Gasteiger partial charge < -0.3 is 10.2 Å². The molecule has 3 heteroatoms. The monoisotopic (exact) mass is 300 g/mol. The van der Waals surface area contributed by atoms with Gasteiger partial charge in [0, 0.05) is 17.0 Å². The Morgan fingerprint density at radius 3 is 2.38 bits per heavy atom. The van der Waals surface area contributed by atoms with E-state index in [1.54, 1.807) is 6.92 Å². The highest BCUT2D eigenvalue weighted by Gasteiger charge is 2.19. The highest BCUT2D eigenvalue weighted by Crippen LogP contribution is 2.29. The molecule has 2 aromatic carbocycles. The number of halogens is 1. The van der Waals surface area contributed by atoms with E-state index < -0.39 is 5.60 Å². The molecule has 0 aliphatic heterocycles. The molecule has 2 rings (SSSR count). The Bertz CT molecular complexity index is 664. The van der Waals surface area contributed by atoms with Gasteiger partial charge in [-0.3, -0.25) is 0 Å². The zero-order chi connectivity index (χ0) is 15.3. The molecule has 2 nitrogen and oxygen atoms in total. The predicted octanol–water partition coefficient (Wildman–Crippen LogP) is 3.60. The van der Waals surface area contributed by atoms with E-state index in [0.717, 1.165) is 11.1 Å². The molecule has 0 spiro atoms. The van der Waals surface area contributed by atoms with Crippen LogP contribution in [0.15, 0.2) is 48.5 Å². The molecule has 0 radical (unpaired) electrons. The molecule has 21 heavy (non-hydrogen) atoms. The number of aliphatic hydroxyl groups is 2. The van der Waals surface area contributed by atoms with Gasteiger partial charge >= 0.3 is 0 Å². The Hall–Kier alpha value is -1.79. The van der Waals surface area contributed by atoms with Crippen molar-refractivity contribution in [1.82, 2.24) is 0 Å². The minimum atomic E-state index is -1.23. The van der Waals surface area contributed by atoms with Crippen molar-refractivity contribution < 1.29 is 10.2 Å². The molecule has 1 atom stereocenters. The van der Waals surface area contributed by atoms with Gasteiger partial charge in [-0.05, 0) is 24.1 Å². The maximum absolute atomic E-state index is 10.3. The fourth-order valence-electron chi connectivity index (χ4n) is 2.03. The van der Waals surface area contributed by atoms with E-state index in [4.69, 9.17) is 16.7 Å². The van der Waals surface area contributed by atoms with Crippen LogP contribution >= 0.6 is 11.6 Å². The van der Waals surface area contributed by atoms with Crippen LogP contribution in [0.3, 0.4) is 0 Å². The molecule has 0 aliphatic carbocycles. The molecule has 0 fully saturated rings. The number of hydrogen-bond donors (Lipinski definition) is 2. The maximum Gasteiger partial charge on any atom is 0.148 e. The van der Waals surface area contributed by atoms with Crippen molar-refractivity contribution in [3.05, 3.63) is 59.1 Å². The van der Waals surface area contributed by atoms with Crippen molar-refractivity contribution >= 4 is 11.6 Å². The lowest BCUT2D eigenvalue weighted by Crippen LogP contribution is -2.18. The number of aliphatic hydroxyl groups excluding tert-OH is 1. The molecule has 0 saturated carbocycles. The first kappa shape index (κ1) is 15.6. The molecular weight excluding hydrogens is 284 g/mol. The van der Waals surface area contributed by atoms with Crippen LogP contribution in [-0.4, -0.2) is 16.8 Å². The van der Waals surface area contributed by atoms with Crippen LogP contribution in [0.2, 0.25) is 5.02 Å². The second kappa shape index (κ2) is 6.78. The molecule has 0 aromatic heterocycles. The fourth-order valence-corrected chi connectivity index (χ4v) is 2.28. The molecule has 108 valence electrons. The third-order valence-electron chi connectivity index (χ3n) is 3.20. The highest BCUT2D eigenvalue weighted by molar-refractivity contribution is 6.33.